The lowest BCUT2D eigenvalue weighted by Gasteiger charge is -2.11. The monoisotopic (exact) mass is 294 g/mol. The zero-order valence-corrected chi connectivity index (χ0v) is 11.6. The molecule has 1 rings (SSSR count). The number of imide groups is 1. The van der Waals surface area contributed by atoms with Gasteiger partial charge in [0.1, 0.15) is 5.82 Å². The number of rotatable bonds is 4. The molecule has 0 heterocycles. The van der Waals surface area contributed by atoms with E-state index in [1.807, 2.05) is 5.32 Å². The highest BCUT2D eigenvalue weighted by molar-refractivity contribution is 5.97. The molecule has 0 aliphatic heterocycles. The summed E-state index contributed by atoms with van der Waals surface area (Å²) in [7, 11) is 1.35. The highest BCUT2D eigenvalue weighted by Crippen LogP contribution is 2.05. The van der Waals surface area contributed by atoms with Crippen LogP contribution >= 0.6 is 0 Å². The second-order valence-electron chi connectivity index (χ2n) is 4.03. The van der Waals surface area contributed by atoms with Crippen molar-refractivity contribution < 1.29 is 23.5 Å². The topological polar surface area (TPSA) is 84.5 Å². The van der Waals surface area contributed by atoms with Crippen molar-refractivity contribution in [1.29, 1.82) is 0 Å². The SMILES string of the molecule is CNC(=O)NC(=O)[C@H](C)OC(=O)/C=C/c1ccc(F)cc1. The van der Waals surface area contributed by atoms with Crippen molar-refractivity contribution in [2.24, 2.45) is 0 Å². The third kappa shape index (κ3) is 5.85. The summed E-state index contributed by atoms with van der Waals surface area (Å²) in [5.41, 5.74) is 0.607. The third-order valence-electron chi connectivity index (χ3n) is 2.41. The lowest BCUT2D eigenvalue weighted by Crippen LogP contribution is -2.43. The van der Waals surface area contributed by atoms with E-state index in [1.165, 1.54) is 44.3 Å². The molecule has 0 saturated heterocycles. The smallest absolute Gasteiger partial charge is 0.331 e. The van der Waals surface area contributed by atoms with E-state index in [4.69, 9.17) is 4.74 Å². The van der Waals surface area contributed by atoms with Crippen molar-refractivity contribution in [2.45, 2.75) is 13.0 Å². The van der Waals surface area contributed by atoms with E-state index in [0.29, 0.717) is 5.56 Å². The average Bonchev–Trinajstić information content (AvgIpc) is 2.46. The van der Waals surface area contributed by atoms with Crippen LogP contribution in [0.5, 0.6) is 0 Å². The molecule has 0 radical (unpaired) electrons. The number of ether oxygens (including phenoxy) is 1. The maximum absolute atomic E-state index is 12.7. The standard InChI is InChI=1S/C14H15FN2O4/c1-9(13(19)17-14(20)16-2)21-12(18)8-5-10-3-6-11(15)7-4-10/h3-9H,1-2H3,(H2,16,17,19,20)/b8-5+/t9-/m0/s1. The number of carbonyl (C=O) groups is 3. The number of hydrogen-bond donors (Lipinski definition) is 2. The second kappa shape index (κ2) is 7.78. The van der Waals surface area contributed by atoms with Crippen LogP contribution in [0.1, 0.15) is 12.5 Å². The third-order valence-corrected chi connectivity index (χ3v) is 2.41. The van der Waals surface area contributed by atoms with Crippen LogP contribution in [0.2, 0.25) is 0 Å². The molecule has 1 aromatic rings. The quantitative estimate of drug-likeness (QED) is 0.646. The molecule has 0 aliphatic rings. The van der Waals surface area contributed by atoms with E-state index < -0.39 is 24.0 Å². The van der Waals surface area contributed by atoms with Crippen LogP contribution in [-0.2, 0) is 14.3 Å². The van der Waals surface area contributed by atoms with Gasteiger partial charge in [-0.2, -0.15) is 0 Å². The van der Waals surface area contributed by atoms with Crippen molar-refractivity contribution >= 4 is 24.0 Å². The predicted molar refractivity (Wildman–Crippen MR) is 73.6 cm³/mol. The number of benzene rings is 1. The van der Waals surface area contributed by atoms with Crippen LogP contribution < -0.4 is 10.6 Å². The molecule has 0 spiro atoms. The first-order valence-corrected chi connectivity index (χ1v) is 6.09. The minimum atomic E-state index is -1.12. The summed E-state index contributed by atoms with van der Waals surface area (Å²) in [6.45, 7) is 1.34. The van der Waals surface area contributed by atoms with Crippen LogP contribution in [0, 0.1) is 5.82 Å². The number of amides is 3. The molecule has 1 aromatic carbocycles. The highest BCUT2D eigenvalue weighted by Gasteiger charge is 2.18. The minimum Gasteiger partial charge on any atom is -0.449 e. The van der Waals surface area contributed by atoms with Gasteiger partial charge in [0.2, 0.25) is 0 Å². The van der Waals surface area contributed by atoms with Crippen molar-refractivity contribution in [1.82, 2.24) is 10.6 Å². The number of halogens is 1. The predicted octanol–water partition coefficient (Wildman–Crippen LogP) is 1.23. The fourth-order valence-corrected chi connectivity index (χ4v) is 1.28. The molecule has 0 saturated carbocycles. The normalized spacial score (nSPS) is 11.8. The van der Waals surface area contributed by atoms with Gasteiger partial charge in [0, 0.05) is 13.1 Å². The summed E-state index contributed by atoms with van der Waals surface area (Å²) in [5, 5.41) is 4.18. The summed E-state index contributed by atoms with van der Waals surface area (Å²) in [6.07, 6.45) is 1.41. The molecule has 0 bridgehead atoms. The zero-order valence-electron chi connectivity index (χ0n) is 11.6. The molecule has 1 atom stereocenters. The molecule has 0 aliphatic carbocycles. The number of nitrogens with one attached hydrogen (secondary N) is 2. The minimum absolute atomic E-state index is 0.380. The zero-order chi connectivity index (χ0) is 15.8. The Morgan fingerprint density at radius 3 is 2.43 bits per heavy atom. The largest absolute Gasteiger partial charge is 0.449 e. The van der Waals surface area contributed by atoms with E-state index >= 15 is 0 Å². The molecule has 0 unspecified atom stereocenters. The molecular formula is C14H15FN2O4. The van der Waals surface area contributed by atoms with Gasteiger partial charge in [0.15, 0.2) is 6.10 Å². The Balaban J connectivity index is 2.51. The summed E-state index contributed by atoms with van der Waals surface area (Å²) >= 11 is 0. The summed E-state index contributed by atoms with van der Waals surface area (Å²) in [5.74, 6) is -1.87. The van der Waals surface area contributed by atoms with Gasteiger partial charge in [-0.15, -0.1) is 0 Å². The molecule has 0 aromatic heterocycles. The van der Waals surface area contributed by atoms with Gasteiger partial charge in [-0.25, -0.2) is 14.0 Å². The van der Waals surface area contributed by atoms with Crippen LogP contribution in [-0.4, -0.2) is 31.1 Å². The number of urea groups is 1. The first kappa shape index (κ1) is 16.4. The first-order chi connectivity index (χ1) is 9.92. The van der Waals surface area contributed by atoms with E-state index in [0.717, 1.165) is 6.08 Å². The fourth-order valence-electron chi connectivity index (χ4n) is 1.28. The van der Waals surface area contributed by atoms with Gasteiger partial charge in [-0.1, -0.05) is 12.1 Å². The Kier molecular flexibility index (Phi) is 6.06. The number of carbonyl (C=O) groups excluding carboxylic acids is 3. The van der Waals surface area contributed by atoms with Crippen molar-refractivity contribution in [2.75, 3.05) is 7.05 Å². The van der Waals surface area contributed by atoms with Crippen molar-refractivity contribution in [3.63, 3.8) is 0 Å². The highest BCUT2D eigenvalue weighted by atomic mass is 19.1. The van der Waals surface area contributed by atoms with Gasteiger partial charge in [-0.3, -0.25) is 10.1 Å². The van der Waals surface area contributed by atoms with Gasteiger partial charge in [-0.05, 0) is 30.7 Å². The number of hydrogen-bond acceptors (Lipinski definition) is 4. The maximum Gasteiger partial charge on any atom is 0.331 e. The summed E-state index contributed by atoms with van der Waals surface area (Å²) < 4.78 is 17.5. The molecule has 7 heteroatoms. The van der Waals surface area contributed by atoms with Gasteiger partial charge >= 0.3 is 12.0 Å². The van der Waals surface area contributed by atoms with E-state index in [1.54, 1.807) is 0 Å². The molecular weight excluding hydrogens is 279 g/mol. The molecule has 112 valence electrons. The van der Waals surface area contributed by atoms with E-state index in [-0.39, 0.29) is 5.82 Å². The Morgan fingerprint density at radius 1 is 1.24 bits per heavy atom. The fraction of sp³-hybridized carbons (Fsp3) is 0.214. The second-order valence-corrected chi connectivity index (χ2v) is 4.03. The Bertz CT molecular complexity index is 555. The van der Waals surface area contributed by atoms with Gasteiger partial charge < -0.3 is 10.1 Å². The number of esters is 1. The van der Waals surface area contributed by atoms with Gasteiger partial charge in [0.05, 0.1) is 0 Å². The molecule has 0 fully saturated rings. The van der Waals surface area contributed by atoms with E-state index in [9.17, 15) is 18.8 Å². The lowest BCUT2D eigenvalue weighted by atomic mass is 10.2. The Hall–Kier alpha value is -2.70. The van der Waals surface area contributed by atoms with Crippen molar-refractivity contribution in [3.05, 3.63) is 41.7 Å². The maximum atomic E-state index is 12.7. The molecule has 21 heavy (non-hydrogen) atoms. The molecule has 3 amide bonds. The Morgan fingerprint density at radius 2 is 1.86 bits per heavy atom. The van der Waals surface area contributed by atoms with Crippen LogP contribution in [0.4, 0.5) is 9.18 Å². The summed E-state index contributed by atoms with van der Waals surface area (Å²) in [6, 6.07) is 4.79. The van der Waals surface area contributed by atoms with E-state index in [2.05, 4.69) is 5.32 Å². The lowest BCUT2D eigenvalue weighted by molar-refractivity contribution is -0.149. The molecule has 6 nitrogen and oxygen atoms in total. The Labute approximate surface area is 121 Å². The average molecular weight is 294 g/mol. The molecule has 2 N–H and O–H groups in total. The van der Waals surface area contributed by atoms with Crippen LogP contribution in [0.15, 0.2) is 30.3 Å². The first-order valence-electron chi connectivity index (χ1n) is 6.09. The van der Waals surface area contributed by atoms with Gasteiger partial charge in [0.25, 0.3) is 5.91 Å². The van der Waals surface area contributed by atoms with Crippen LogP contribution in [0.3, 0.4) is 0 Å². The van der Waals surface area contributed by atoms with Crippen LogP contribution in [0.25, 0.3) is 6.08 Å². The van der Waals surface area contributed by atoms with Crippen molar-refractivity contribution in [3.8, 4) is 0 Å². The summed E-state index contributed by atoms with van der Waals surface area (Å²) in [4.78, 5) is 33.9.